The number of allylic oxidation sites excluding steroid dienone is 4. The lowest BCUT2D eigenvalue weighted by atomic mass is 9.63. The minimum atomic E-state index is -0.399. The third-order valence-electron chi connectivity index (χ3n) is 10.6. The van der Waals surface area contributed by atoms with Crippen molar-refractivity contribution in [1.29, 1.82) is 0 Å². The fourth-order valence-corrected chi connectivity index (χ4v) is 8.31. The van der Waals surface area contributed by atoms with Crippen molar-refractivity contribution in [2.75, 3.05) is 0 Å². The molecule has 2 aromatic heterocycles. The van der Waals surface area contributed by atoms with Gasteiger partial charge in [0.25, 0.3) is 0 Å². The Bertz CT molecular complexity index is 2480. The predicted molar refractivity (Wildman–Crippen MR) is 204 cm³/mol. The molecule has 2 atom stereocenters. The molecule has 3 heterocycles. The number of pyridine rings is 1. The second kappa shape index (κ2) is 11.6. The lowest BCUT2D eigenvalue weighted by Gasteiger charge is -2.41. The largest absolute Gasteiger partial charge is 0.457 e. The summed E-state index contributed by atoms with van der Waals surface area (Å²) in [4.78, 5) is 14.6. The molecule has 2 unspecified atom stereocenters. The number of rotatable bonds is 4. The van der Waals surface area contributed by atoms with E-state index in [0.717, 1.165) is 57.3 Å². The van der Waals surface area contributed by atoms with Crippen LogP contribution in [0, 0.1) is 5.92 Å². The van der Waals surface area contributed by atoms with Gasteiger partial charge in [-0.15, -0.1) is 0 Å². The molecule has 51 heavy (non-hydrogen) atoms. The van der Waals surface area contributed by atoms with Crippen LogP contribution in [0.3, 0.4) is 0 Å². The van der Waals surface area contributed by atoms with Crippen LogP contribution in [0.15, 0.2) is 170 Å². The lowest BCUT2D eigenvalue weighted by molar-refractivity contribution is 0.429. The number of para-hydroxylation sites is 1. The van der Waals surface area contributed by atoms with Crippen LogP contribution in [0.1, 0.15) is 35.6 Å². The highest BCUT2D eigenvalue weighted by atomic mass is 16.5. The zero-order valence-corrected chi connectivity index (χ0v) is 28.1. The van der Waals surface area contributed by atoms with Crippen molar-refractivity contribution >= 4 is 5.57 Å². The van der Waals surface area contributed by atoms with E-state index in [9.17, 15) is 0 Å². The van der Waals surface area contributed by atoms with Gasteiger partial charge in [-0.1, -0.05) is 134 Å². The van der Waals surface area contributed by atoms with Crippen molar-refractivity contribution in [2.24, 2.45) is 5.92 Å². The molecule has 0 bridgehead atoms. The molecule has 0 amide bonds. The average molecular weight is 656 g/mol. The highest BCUT2D eigenvalue weighted by Gasteiger charge is 2.52. The average Bonchev–Trinajstić information content (AvgIpc) is 3.48. The molecular formula is C47H33N3O. The van der Waals surface area contributed by atoms with Gasteiger partial charge in [0.05, 0.1) is 22.5 Å². The summed E-state index contributed by atoms with van der Waals surface area (Å²) in [5, 5.41) is 0. The lowest BCUT2D eigenvalue weighted by Crippen LogP contribution is -2.34. The summed E-state index contributed by atoms with van der Waals surface area (Å²) in [6.07, 6.45) is 7.51. The topological polar surface area (TPSA) is 47.9 Å². The first-order chi connectivity index (χ1) is 25.2. The van der Waals surface area contributed by atoms with Crippen LogP contribution in [-0.4, -0.2) is 15.0 Å². The number of hydrogen-bond acceptors (Lipinski definition) is 4. The normalized spacial score (nSPS) is 18.1. The standard InChI is InChI=1S/C47H33N3O/c1-30-18-24-36-35-13-5-6-14-37(35)47(40(36)27-30)38-15-7-8-17-44(38)51-45-28-34(23-25-39(45)47)31-19-21-33(22-20-31)46-49-42(32-11-3-2-4-12-32)29-43(50-46)41-16-9-10-26-48-41/h2-26,28-30H,27H2,1H3. The first-order valence-electron chi connectivity index (χ1n) is 17.6. The summed E-state index contributed by atoms with van der Waals surface area (Å²) in [5.41, 5.74) is 14.2. The van der Waals surface area contributed by atoms with Crippen molar-refractivity contribution in [1.82, 2.24) is 15.0 Å². The molecule has 0 radical (unpaired) electrons. The third kappa shape index (κ3) is 4.64. The summed E-state index contributed by atoms with van der Waals surface area (Å²) in [6, 6.07) is 51.0. The molecule has 10 rings (SSSR count). The van der Waals surface area contributed by atoms with Crippen LogP contribution in [0.2, 0.25) is 0 Å². The second-order valence-electron chi connectivity index (χ2n) is 13.7. The maximum Gasteiger partial charge on any atom is 0.160 e. The molecule has 3 aliphatic rings. The molecule has 0 saturated heterocycles. The van der Waals surface area contributed by atoms with Gasteiger partial charge in [-0.3, -0.25) is 4.98 Å². The monoisotopic (exact) mass is 655 g/mol. The highest BCUT2D eigenvalue weighted by molar-refractivity contribution is 5.92. The van der Waals surface area contributed by atoms with Gasteiger partial charge < -0.3 is 4.74 Å². The minimum Gasteiger partial charge on any atom is -0.457 e. The number of benzene rings is 5. The van der Waals surface area contributed by atoms with E-state index in [1.807, 2.05) is 42.5 Å². The maximum atomic E-state index is 6.78. The Hall–Kier alpha value is -6.39. The quantitative estimate of drug-likeness (QED) is 0.189. The Morgan fingerprint density at radius 3 is 2.12 bits per heavy atom. The van der Waals surface area contributed by atoms with Crippen molar-refractivity contribution < 1.29 is 4.74 Å². The van der Waals surface area contributed by atoms with Crippen LogP contribution >= 0.6 is 0 Å². The Labute approximate surface area is 297 Å². The summed E-state index contributed by atoms with van der Waals surface area (Å²) >= 11 is 0. The van der Waals surface area contributed by atoms with Gasteiger partial charge in [0, 0.05) is 28.5 Å². The molecule has 4 nitrogen and oxygen atoms in total. The number of ether oxygens (including phenoxy) is 1. The Balaban J connectivity index is 1.07. The number of hydrogen-bond donors (Lipinski definition) is 0. The van der Waals surface area contributed by atoms with Crippen LogP contribution in [-0.2, 0) is 5.41 Å². The van der Waals surface area contributed by atoms with Gasteiger partial charge in [0.2, 0.25) is 0 Å². The molecule has 7 aromatic rings. The number of fused-ring (bicyclic) bond motifs is 8. The SMILES string of the molecule is CC1C=CC2=C(C1)C1(c3ccccc3Oc3cc(-c4ccc(-c5nc(-c6ccccc6)cc(-c6ccccn6)n5)cc4)ccc31)c1ccccc12. The molecule has 1 aliphatic heterocycles. The summed E-state index contributed by atoms with van der Waals surface area (Å²) < 4.78 is 6.78. The Morgan fingerprint density at radius 2 is 1.27 bits per heavy atom. The van der Waals surface area contributed by atoms with Crippen LogP contribution in [0.4, 0.5) is 0 Å². The van der Waals surface area contributed by atoms with Gasteiger partial charge >= 0.3 is 0 Å². The van der Waals surface area contributed by atoms with Crippen molar-refractivity contribution in [3.63, 3.8) is 0 Å². The Morgan fingerprint density at radius 1 is 0.569 bits per heavy atom. The van der Waals surface area contributed by atoms with Crippen LogP contribution in [0.5, 0.6) is 11.5 Å². The van der Waals surface area contributed by atoms with E-state index < -0.39 is 5.41 Å². The molecular weight excluding hydrogens is 623 g/mol. The summed E-state index contributed by atoms with van der Waals surface area (Å²) in [6.45, 7) is 2.32. The maximum absolute atomic E-state index is 6.78. The van der Waals surface area contributed by atoms with E-state index in [1.54, 1.807) is 6.20 Å². The fourth-order valence-electron chi connectivity index (χ4n) is 8.31. The third-order valence-corrected chi connectivity index (χ3v) is 10.6. The smallest absolute Gasteiger partial charge is 0.160 e. The summed E-state index contributed by atoms with van der Waals surface area (Å²) in [5.74, 6) is 2.95. The molecule has 0 fully saturated rings. The molecule has 2 aliphatic carbocycles. The first-order valence-corrected chi connectivity index (χ1v) is 17.6. The van der Waals surface area contributed by atoms with E-state index in [4.69, 9.17) is 14.7 Å². The van der Waals surface area contributed by atoms with Gasteiger partial charge in [0.15, 0.2) is 5.82 Å². The molecule has 4 heteroatoms. The molecule has 0 saturated carbocycles. The van der Waals surface area contributed by atoms with Gasteiger partial charge in [0.1, 0.15) is 11.5 Å². The van der Waals surface area contributed by atoms with E-state index in [-0.39, 0.29) is 0 Å². The van der Waals surface area contributed by atoms with Crippen molar-refractivity contribution in [3.8, 4) is 56.7 Å². The van der Waals surface area contributed by atoms with E-state index in [2.05, 4.69) is 127 Å². The highest BCUT2D eigenvalue weighted by Crippen LogP contribution is 2.63. The first kappa shape index (κ1) is 29.5. The van der Waals surface area contributed by atoms with E-state index in [0.29, 0.717) is 11.7 Å². The minimum absolute atomic E-state index is 0.399. The summed E-state index contributed by atoms with van der Waals surface area (Å²) in [7, 11) is 0. The second-order valence-corrected chi connectivity index (χ2v) is 13.7. The zero-order chi connectivity index (χ0) is 33.9. The zero-order valence-electron chi connectivity index (χ0n) is 28.1. The Kier molecular flexibility index (Phi) is 6.72. The van der Waals surface area contributed by atoms with Gasteiger partial charge in [-0.25, -0.2) is 9.97 Å². The van der Waals surface area contributed by atoms with Crippen LogP contribution in [0.25, 0.3) is 50.7 Å². The molecule has 0 N–H and O–H groups in total. The number of nitrogens with zero attached hydrogens (tertiary/aromatic N) is 3. The van der Waals surface area contributed by atoms with Crippen molar-refractivity contribution in [3.05, 3.63) is 192 Å². The number of aromatic nitrogens is 3. The van der Waals surface area contributed by atoms with E-state index in [1.165, 1.54) is 33.4 Å². The van der Waals surface area contributed by atoms with E-state index >= 15 is 0 Å². The fraction of sp³-hybridized carbons (Fsp3) is 0.0851. The predicted octanol–water partition coefficient (Wildman–Crippen LogP) is 11.3. The van der Waals surface area contributed by atoms with Gasteiger partial charge in [-0.2, -0.15) is 0 Å². The van der Waals surface area contributed by atoms with Crippen LogP contribution < -0.4 is 4.74 Å². The molecule has 242 valence electrons. The molecule has 1 spiro atoms. The van der Waals surface area contributed by atoms with Crippen molar-refractivity contribution in [2.45, 2.75) is 18.8 Å². The molecule has 5 aromatic carbocycles. The van der Waals surface area contributed by atoms with Gasteiger partial charge in [-0.05, 0) is 76.1 Å².